The van der Waals surface area contributed by atoms with Crippen molar-refractivity contribution in [3.05, 3.63) is 59.4 Å². The van der Waals surface area contributed by atoms with Crippen LogP contribution in [-0.4, -0.2) is 46.6 Å². The first kappa shape index (κ1) is 16.9. The first-order valence-electron chi connectivity index (χ1n) is 8.00. The molecule has 1 N–H and O–H groups in total. The molecule has 1 aromatic heterocycles. The highest BCUT2D eigenvalue weighted by Gasteiger charge is 2.37. The molecule has 0 bridgehead atoms. The molecule has 0 radical (unpaired) electrons. The maximum absolute atomic E-state index is 12.9. The van der Waals surface area contributed by atoms with Gasteiger partial charge in [0, 0.05) is 32.0 Å². The number of carbonyl (C=O) groups is 1. The number of nitrogens with zero attached hydrogens (tertiary/aromatic N) is 3. The highest BCUT2D eigenvalue weighted by atomic mass is 35.5. The summed E-state index contributed by atoms with van der Waals surface area (Å²) in [4.78, 5) is 20.8. The van der Waals surface area contributed by atoms with Gasteiger partial charge in [-0.05, 0) is 30.2 Å². The molecule has 6 heteroatoms. The minimum absolute atomic E-state index is 0.0101. The van der Waals surface area contributed by atoms with Gasteiger partial charge in [0.2, 0.25) is 5.91 Å². The Kier molecular flexibility index (Phi) is 5.45. The summed E-state index contributed by atoms with van der Waals surface area (Å²) in [5.74, 6) is 0.0282. The number of carbonyl (C=O) groups excluding carboxylic acids is 1. The zero-order valence-corrected chi connectivity index (χ0v) is 14.1. The maximum atomic E-state index is 12.9. The van der Waals surface area contributed by atoms with Crippen molar-refractivity contribution in [1.82, 2.24) is 9.88 Å². The molecular formula is C18H20ClN3O2. The number of aliphatic hydroxyl groups is 1. The van der Waals surface area contributed by atoms with Gasteiger partial charge < -0.3 is 10.0 Å². The number of aliphatic hydroxyl groups excluding tert-OH is 1. The summed E-state index contributed by atoms with van der Waals surface area (Å²) in [6.45, 7) is 1.67. The molecule has 1 aromatic carbocycles. The molecule has 1 saturated heterocycles. The molecule has 1 atom stereocenters. The van der Waals surface area contributed by atoms with Crippen LogP contribution in [0.2, 0.25) is 5.02 Å². The van der Waals surface area contributed by atoms with Gasteiger partial charge in [0.05, 0.1) is 23.4 Å². The number of hydrogen-bond donors (Lipinski definition) is 1. The Hall–Kier alpha value is -1.95. The van der Waals surface area contributed by atoms with Crippen LogP contribution in [0.15, 0.2) is 48.8 Å². The lowest BCUT2D eigenvalue weighted by Crippen LogP contribution is -2.43. The summed E-state index contributed by atoms with van der Waals surface area (Å²) in [6, 6.07) is 11.0. The van der Waals surface area contributed by atoms with E-state index in [1.807, 2.05) is 35.2 Å². The second kappa shape index (κ2) is 7.75. The SMILES string of the molecule is O=C1[C@@H](N(CCO)Cc2cccnc2)CCN1c1ccccc1Cl. The Bertz CT molecular complexity index is 696. The number of hydrogen-bond acceptors (Lipinski definition) is 4. The van der Waals surface area contributed by atoms with E-state index in [4.69, 9.17) is 11.6 Å². The molecule has 24 heavy (non-hydrogen) atoms. The Morgan fingerprint density at radius 3 is 2.83 bits per heavy atom. The number of halogens is 1. The normalized spacial score (nSPS) is 17.7. The highest BCUT2D eigenvalue weighted by Crippen LogP contribution is 2.30. The van der Waals surface area contributed by atoms with E-state index in [1.54, 1.807) is 23.4 Å². The van der Waals surface area contributed by atoms with Gasteiger partial charge in [0.1, 0.15) is 0 Å². The monoisotopic (exact) mass is 345 g/mol. The molecule has 2 aromatic rings. The first-order valence-corrected chi connectivity index (χ1v) is 8.38. The summed E-state index contributed by atoms with van der Waals surface area (Å²) >= 11 is 6.23. The van der Waals surface area contributed by atoms with Gasteiger partial charge in [-0.1, -0.05) is 29.8 Å². The number of rotatable bonds is 6. The van der Waals surface area contributed by atoms with E-state index in [-0.39, 0.29) is 18.6 Å². The molecule has 3 rings (SSSR count). The molecular weight excluding hydrogens is 326 g/mol. The van der Waals surface area contributed by atoms with E-state index in [0.29, 0.717) is 31.1 Å². The van der Waals surface area contributed by atoms with Crippen LogP contribution < -0.4 is 4.90 Å². The van der Waals surface area contributed by atoms with Crippen LogP contribution in [0.4, 0.5) is 5.69 Å². The molecule has 0 saturated carbocycles. The molecule has 1 fully saturated rings. The van der Waals surface area contributed by atoms with Crippen LogP contribution >= 0.6 is 11.6 Å². The fourth-order valence-electron chi connectivity index (χ4n) is 3.11. The Morgan fingerprint density at radius 1 is 1.29 bits per heavy atom. The number of pyridine rings is 1. The Labute approximate surface area is 146 Å². The van der Waals surface area contributed by atoms with E-state index in [2.05, 4.69) is 4.98 Å². The van der Waals surface area contributed by atoms with Gasteiger partial charge in [0.15, 0.2) is 0 Å². The standard InChI is InChI=1S/C18H20ClN3O2/c19-15-5-1-2-6-16(15)22-9-7-17(18(22)24)21(10-11-23)13-14-4-3-8-20-12-14/h1-6,8,12,17,23H,7,9-11,13H2/t17-/m0/s1. The van der Waals surface area contributed by atoms with Gasteiger partial charge in [-0.2, -0.15) is 0 Å². The smallest absolute Gasteiger partial charge is 0.244 e. The van der Waals surface area contributed by atoms with E-state index in [0.717, 1.165) is 11.3 Å². The minimum Gasteiger partial charge on any atom is -0.395 e. The Morgan fingerprint density at radius 2 is 2.12 bits per heavy atom. The largest absolute Gasteiger partial charge is 0.395 e. The number of para-hydroxylation sites is 1. The quantitative estimate of drug-likeness (QED) is 0.873. The van der Waals surface area contributed by atoms with Crippen LogP contribution in [0, 0.1) is 0 Å². The Balaban J connectivity index is 1.77. The minimum atomic E-state index is -0.256. The van der Waals surface area contributed by atoms with Crippen LogP contribution in [0.25, 0.3) is 0 Å². The van der Waals surface area contributed by atoms with Crippen molar-refractivity contribution in [2.75, 3.05) is 24.6 Å². The molecule has 2 heterocycles. The third-order valence-electron chi connectivity index (χ3n) is 4.26. The van der Waals surface area contributed by atoms with Crippen molar-refractivity contribution in [2.45, 2.75) is 19.0 Å². The zero-order valence-electron chi connectivity index (χ0n) is 13.3. The number of anilines is 1. The topological polar surface area (TPSA) is 56.7 Å². The lowest BCUT2D eigenvalue weighted by molar-refractivity contribution is -0.122. The van der Waals surface area contributed by atoms with Gasteiger partial charge in [-0.15, -0.1) is 0 Å². The lowest BCUT2D eigenvalue weighted by Gasteiger charge is -2.27. The zero-order chi connectivity index (χ0) is 16.9. The fourth-order valence-corrected chi connectivity index (χ4v) is 3.35. The van der Waals surface area contributed by atoms with Crippen LogP contribution in [0.1, 0.15) is 12.0 Å². The van der Waals surface area contributed by atoms with Gasteiger partial charge in [0.25, 0.3) is 0 Å². The lowest BCUT2D eigenvalue weighted by atomic mass is 10.1. The third kappa shape index (κ3) is 3.59. The van der Waals surface area contributed by atoms with Crippen LogP contribution in [0.3, 0.4) is 0 Å². The van der Waals surface area contributed by atoms with E-state index < -0.39 is 0 Å². The summed E-state index contributed by atoms with van der Waals surface area (Å²) in [5, 5.41) is 9.96. The molecule has 0 spiro atoms. The molecule has 0 aliphatic carbocycles. The second-order valence-electron chi connectivity index (χ2n) is 5.80. The summed E-state index contributed by atoms with van der Waals surface area (Å²) in [7, 11) is 0. The van der Waals surface area contributed by atoms with Gasteiger partial charge in [-0.3, -0.25) is 14.7 Å². The predicted octanol–water partition coefficient (Wildman–Crippen LogP) is 2.33. The molecule has 1 amide bonds. The molecule has 1 aliphatic heterocycles. The van der Waals surface area contributed by atoms with Crippen LogP contribution in [-0.2, 0) is 11.3 Å². The van der Waals surface area contributed by atoms with E-state index >= 15 is 0 Å². The van der Waals surface area contributed by atoms with Gasteiger partial charge >= 0.3 is 0 Å². The molecule has 1 aliphatic rings. The van der Waals surface area contributed by atoms with Crippen molar-refractivity contribution in [3.8, 4) is 0 Å². The molecule has 5 nitrogen and oxygen atoms in total. The van der Waals surface area contributed by atoms with Crippen molar-refractivity contribution >= 4 is 23.2 Å². The van der Waals surface area contributed by atoms with Crippen molar-refractivity contribution < 1.29 is 9.90 Å². The molecule has 0 unspecified atom stereocenters. The fraction of sp³-hybridized carbons (Fsp3) is 0.333. The van der Waals surface area contributed by atoms with Crippen molar-refractivity contribution in [3.63, 3.8) is 0 Å². The average molecular weight is 346 g/mol. The van der Waals surface area contributed by atoms with Crippen molar-refractivity contribution in [2.24, 2.45) is 0 Å². The summed E-state index contributed by atoms with van der Waals surface area (Å²) in [6.07, 6.45) is 4.22. The predicted molar refractivity (Wildman–Crippen MR) is 93.9 cm³/mol. The summed E-state index contributed by atoms with van der Waals surface area (Å²) < 4.78 is 0. The van der Waals surface area contributed by atoms with Crippen LogP contribution in [0.5, 0.6) is 0 Å². The average Bonchev–Trinajstić information content (AvgIpc) is 2.97. The number of amides is 1. The highest BCUT2D eigenvalue weighted by molar-refractivity contribution is 6.33. The van der Waals surface area contributed by atoms with Gasteiger partial charge in [-0.25, -0.2) is 0 Å². The van der Waals surface area contributed by atoms with E-state index in [9.17, 15) is 9.90 Å². The third-order valence-corrected chi connectivity index (χ3v) is 4.58. The molecule has 126 valence electrons. The summed E-state index contributed by atoms with van der Waals surface area (Å²) in [5.41, 5.74) is 1.77. The van der Waals surface area contributed by atoms with E-state index in [1.165, 1.54) is 0 Å². The maximum Gasteiger partial charge on any atom is 0.244 e. The first-order chi connectivity index (χ1) is 11.7. The second-order valence-corrected chi connectivity index (χ2v) is 6.21. The number of aromatic nitrogens is 1. The van der Waals surface area contributed by atoms with Crippen molar-refractivity contribution in [1.29, 1.82) is 0 Å². The number of benzene rings is 1.